The van der Waals surface area contributed by atoms with Crippen molar-refractivity contribution in [1.82, 2.24) is 10.6 Å². The average molecular weight is 241 g/mol. The van der Waals surface area contributed by atoms with Crippen molar-refractivity contribution in [3.8, 4) is 0 Å². The molecule has 2 N–H and O–H groups in total. The number of aliphatic imine (C=N–C) groups is 1. The Morgan fingerprint density at radius 1 is 1.53 bits per heavy atom. The molecular formula is C11H19N3O3. The maximum Gasteiger partial charge on any atom is 0.251 e. The highest BCUT2D eigenvalue weighted by Gasteiger charge is 2.39. The lowest BCUT2D eigenvalue weighted by Crippen LogP contribution is -2.40. The molecule has 2 saturated heterocycles. The third-order valence-electron chi connectivity index (χ3n) is 3.02. The molecule has 96 valence electrons. The number of carbonyl (C=O) groups excluding carboxylic acids is 1. The second kappa shape index (κ2) is 5.46. The number of nitrogens with one attached hydrogen (secondary N) is 2. The number of nitrogens with zero attached hydrogens (tertiary/aromatic N) is 1. The number of methoxy groups -OCH3 is 1. The highest BCUT2D eigenvalue weighted by atomic mass is 16.5. The number of hydrogen-bond donors (Lipinski definition) is 2. The van der Waals surface area contributed by atoms with Crippen molar-refractivity contribution in [2.24, 2.45) is 4.99 Å². The molecule has 0 bridgehead atoms. The van der Waals surface area contributed by atoms with E-state index in [1.165, 1.54) is 0 Å². The first kappa shape index (κ1) is 12.3. The molecule has 2 aliphatic rings. The lowest BCUT2D eigenvalue weighted by Gasteiger charge is -2.16. The number of amides is 1. The molecule has 6 heteroatoms. The van der Waals surface area contributed by atoms with Gasteiger partial charge in [0.1, 0.15) is 6.04 Å². The van der Waals surface area contributed by atoms with Crippen LogP contribution in [0.25, 0.3) is 0 Å². The number of carbonyl (C=O) groups is 1. The summed E-state index contributed by atoms with van der Waals surface area (Å²) in [7, 11) is 1.62. The molecule has 2 heterocycles. The Morgan fingerprint density at radius 2 is 2.35 bits per heavy atom. The van der Waals surface area contributed by atoms with Crippen LogP contribution in [0.1, 0.15) is 19.8 Å². The predicted octanol–water partition coefficient (Wildman–Crippen LogP) is -0.356. The third-order valence-corrected chi connectivity index (χ3v) is 3.02. The molecule has 0 aromatic heterocycles. The van der Waals surface area contributed by atoms with Gasteiger partial charge in [-0.05, 0) is 19.8 Å². The van der Waals surface area contributed by atoms with Crippen molar-refractivity contribution in [3.63, 3.8) is 0 Å². The van der Waals surface area contributed by atoms with Gasteiger partial charge in [0.2, 0.25) is 0 Å². The highest BCUT2D eigenvalue weighted by molar-refractivity contribution is 6.06. The Morgan fingerprint density at radius 3 is 3.00 bits per heavy atom. The largest absolute Gasteiger partial charge is 0.383 e. The maximum atomic E-state index is 11.7. The first-order valence-electron chi connectivity index (χ1n) is 5.97. The van der Waals surface area contributed by atoms with E-state index < -0.39 is 0 Å². The van der Waals surface area contributed by atoms with E-state index in [1.807, 2.05) is 6.92 Å². The summed E-state index contributed by atoms with van der Waals surface area (Å²) in [5, 5.41) is 5.79. The summed E-state index contributed by atoms with van der Waals surface area (Å²) >= 11 is 0. The van der Waals surface area contributed by atoms with Crippen LogP contribution in [0, 0.1) is 0 Å². The average Bonchev–Trinajstić information content (AvgIpc) is 2.85. The molecule has 2 fully saturated rings. The van der Waals surface area contributed by atoms with E-state index in [0.717, 1.165) is 12.8 Å². The Kier molecular flexibility index (Phi) is 3.96. The molecule has 0 aliphatic carbocycles. The minimum absolute atomic E-state index is 0.0416. The predicted molar refractivity (Wildman–Crippen MR) is 62.8 cm³/mol. The van der Waals surface area contributed by atoms with Crippen LogP contribution in [0.15, 0.2) is 4.99 Å². The zero-order valence-corrected chi connectivity index (χ0v) is 10.2. The molecular weight excluding hydrogens is 222 g/mol. The van der Waals surface area contributed by atoms with Crippen LogP contribution in [0.2, 0.25) is 0 Å². The van der Waals surface area contributed by atoms with Gasteiger partial charge in [-0.2, -0.15) is 0 Å². The SMILES string of the molecule is COCCN=C1NC(=O)C(C2CCC(C)O2)N1. The fraction of sp³-hybridized carbons (Fsp3) is 0.818. The molecule has 2 rings (SSSR count). The van der Waals surface area contributed by atoms with Crippen LogP contribution in [0.5, 0.6) is 0 Å². The van der Waals surface area contributed by atoms with Crippen molar-refractivity contribution < 1.29 is 14.3 Å². The highest BCUT2D eigenvalue weighted by Crippen LogP contribution is 2.22. The molecule has 3 atom stereocenters. The lowest BCUT2D eigenvalue weighted by atomic mass is 10.1. The molecule has 0 aromatic carbocycles. The van der Waals surface area contributed by atoms with Gasteiger partial charge in [0.15, 0.2) is 5.96 Å². The van der Waals surface area contributed by atoms with Crippen LogP contribution >= 0.6 is 0 Å². The molecule has 17 heavy (non-hydrogen) atoms. The first-order valence-corrected chi connectivity index (χ1v) is 5.97. The van der Waals surface area contributed by atoms with E-state index >= 15 is 0 Å². The molecule has 1 amide bonds. The van der Waals surface area contributed by atoms with Crippen molar-refractivity contribution in [2.75, 3.05) is 20.3 Å². The van der Waals surface area contributed by atoms with Crippen LogP contribution in [0.4, 0.5) is 0 Å². The molecule has 3 unspecified atom stereocenters. The quantitative estimate of drug-likeness (QED) is 0.660. The van der Waals surface area contributed by atoms with E-state index in [-0.39, 0.29) is 24.2 Å². The van der Waals surface area contributed by atoms with Crippen LogP contribution in [0.3, 0.4) is 0 Å². The molecule has 0 aromatic rings. The Hall–Kier alpha value is -1.14. The Labute approximate surface area is 101 Å². The van der Waals surface area contributed by atoms with Crippen molar-refractivity contribution in [1.29, 1.82) is 0 Å². The van der Waals surface area contributed by atoms with Crippen molar-refractivity contribution in [2.45, 2.75) is 38.0 Å². The Bertz CT molecular complexity index is 319. The standard InChI is InChI=1S/C11H19N3O3/c1-7-3-4-8(17-7)9-10(15)14-11(13-9)12-5-6-16-2/h7-9H,3-6H2,1-2H3,(H2,12,13,14,15). The first-order chi connectivity index (χ1) is 8.20. The molecule has 2 aliphatic heterocycles. The van der Waals surface area contributed by atoms with Crippen LogP contribution < -0.4 is 10.6 Å². The van der Waals surface area contributed by atoms with Crippen molar-refractivity contribution >= 4 is 11.9 Å². The molecule has 0 spiro atoms. The lowest BCUT2D eigenvalue weighted by molar-refractivity contribution is -0.123. The van der Waals surface area contributed by atoms with Crippen LogP contribution in [-0.4, -0.2) is 50.4 Å². The summed E-state index contributed by atoms with van der Waals surface area (Å²) in [6, 6.07) is -0.304. The van der Waals surface area contributed by atoms with Gasteiger partial charge in [0, 0.05) is 7.11 Å². The monoisotopic (exact) mass is 241 g/mol. The zero-order chi connectivity index (χ0) is 12.3. The van der Waals surface area contributed by atoms with Crippen LogP contribution in [-0.2, 0) is 14.3 Å². The summed E-state index contributed by atoms with van der Waals surface area (Å²) in [6.45, 7) is 3.11. The smallest absolute Gasteiger partial charge is 0.251 e. The fourth-order valence-corrected chi connectivity index (χ4v) is 2.12. The van der Waals surface area contributed by atoms with E-state index in [2.05, 4.69) is 15.6 Å². The van der Waals surface area contributed by atoms with E-state index in [4.69, 9.17) is 9.47 Å². The number of hydrogen-bond acceptors (Lipinski definition) is 4. The number of rotatable bonds is 4. The normalized spacial score (nSPS) is 35.1. The summed E-state index contributed by atoms with van der Waals surface area (Å²) in [4.78, 5) is 15.9. The second-order valence-corrected chi connectivity index (χ2v) is 4.40. The minimum Gasteiger partial charge on any atom is -0.383 e. The van der Waals surface area contributed by atoms with Gasteiger partial charge < -0.3 is 14.8 Å². The topological polar surface area (TPSA) is 72.0 Å². The fourth-order valence-electron chi connectivity index (χ4n) is 2.12. The van der Waals surface area contributed by atoms with Gasteiger partial charge in [0.25, 0.3) is 5.91 Å². The summed E-state index contributed by atoms with van der Waals surface area (Å²) in [5.41, 5.74) is 0. The van der Waals surface area contributed by atoms with E-state index in [1.54, 1.807) is 7.11 Å². The van der Waals surface area contributed by atoms with Gasteiger partial charge >= 0.3 is 0 Å². The maximum absolute atomic E-state index is 11.7. The molecule has 0 radical (unpaired) electrons. The zero-order valence-electron chi connectivity index (χ0n) is 10.2. The van der Waals surface area contributed by atoms with E-state index in [0.29, 0.717) is 19.1 Å². The van der Waals surface area contributed by atoms with Gasteiger partial charge in [-0.25, -0.2) is 0 Å². The van der Waals surface area contributed by atoms with E-state index in [9.17, 15) is 4.79 Å². The number of guanidine groups is 1. The van der Waals surface area contributed by atoms with Gasteiger partial charge in [0.05, 0.1) is 25.4 Å². The van der Waals surface area contributed by atoms with Crippen molar-refractivity contribution in [3.05, 3.63) is 0 Å². The molecule has 0 saturated carbocycles. The minimum atomic E-state index is -0.304. The van der Waals surface area contributed by atoms with Gasteiger partial charge in [-0.3, -0.25) is 15.1 Å². The Balaban J connectivity index is 1.89. The van der Waals surface area contributed by atoms with Gasteiger partial charge in [-0.15, -0.1) is 0 Å². The summed E-state index contributed by atoms with van der Waals surface area (Å²) in [5.74, 6) is 0.473. The molecule has 6 nitrogen and oxygen atoms in total. The summed E-state index contributed by atoms with van der Waals surface area (Å²) < 4.78 is 10.6. The van der Waals surface area contributed by atoms with Gasteiger partial charge in [-0.1, -0.05) is 0 Å². The summed E-state index contributed by atoms with van der Waals surface area (Å²) in [6.07, 6.45) is 2.12. The third kappa shape index (κ3) is 2.95. The second-order valence-electron chi connectivity index (χ2n) is 4.40. The number of ether oxygens (including phenoxy) is 2.